The zero-order valence-electron chi connectivity index (χ0n) is 8.94. The average Bonchev–Trinajstić information content (AvgIpc) is 2.77. The Morgan fingerprint density at radius 1 is 1.44 bits per heavy atom. The Kier molecular flexibility index (Phi) is 2.71. The Balaban J connectivity index is 1.77. The molecule has 1 saturated heterocycles. The molecule has 3 rings (SSSR count). The zero-order chi connectivity index (χ0) is 10.8. The monoisotopic (exact) mass is 234 g/mol. The van der Waals surface area contributed by atoms with Crippen LogP contribution in [0.3, 0.4) is 0 Å². The topological polar surface area (TPSA) is 49.8 Å². The first kappa shape index (κ1) is 9.99. The first-order valence-corrected chi connectivity index (χ1v) is 6.50. The molecule has 2 N–H and O–H groups in total. The van der Waals surface area contributed by atoms with Crippen LogP contribution in [0.25, 0.3) is 10.2 Å². The van der Waals surface area contributed by atoms with Crippen LogP contribution in [0, 0.1) is 0 Å². The molecule has 16 heavy (non-hydrogen) atoms. The van der Waals surface area contributed by atoms with Gasteiger partial charge in [-0.1, -0.05) is 0 Å². The van der Waals surface area contributed by atoms with E-state index in [0.717, 1.165) is 29.1 Å². The summed E-state index contributed by atoms with van der Waals surface area (Å²) >= 11 is 1.65. The van der Waals surface area contributed by atoms with Gasteiger partial charge in [-0.05, 0) is 37.3 Å². The summed E-state index contributed by atoms with van der Waals surface area (Å²) < 4.78 is 0. The molecule has 2 aromatic rings. The fourth-order valence-corrected chi connectivity index (χ4v) is 2.70. The third-order valence-electron chi connectivity index (χ3n) is 2.82. The fourth-order valence-electron chi connectivity index (χ4n) is 1.96. The Labute approximate surface area is 98.1 Å². The van der Waals surface area contributed by atoms with Gasteiger partial charge < -0.3 is 5.32 Å². The van der Waals surface area contributed by atoms with Crippen molar-refractivity contribution < 1.29 is 0 Å². The molecule has 4 nitrogen and oxygen atoms in total. The molecule has 2 aromatic heterocycles. The maximum Gasteiger partial charge on any atom is 0.225 e. The van der Waals surface area contributed by atoms with Crippen molar-refractivity contribution >= 4 is 27.5 Å². The minimum Gasteiger partial charge on any atom is -0.339 e. The predicted molar refractivity (Wildman–Crippen MR) is 66.7 cm³/mol. The van der Waals surface area contributed by atoms with Crippen molar-refractivity contribution in [3.63, 3.8) is 0 Å². The number of nitrogens with one attached hydrogen (secondary N) is 2. The molecule has 84 valence electrons. The lowest BCUT2D eigenvalue weighted by atomic mass is 10.1. The molecule has 0 bridgehead atoms. The van der Waals surface area contributed by atoms with E-state index in [4.69, 9.17) is 0 Å². The van der Waals surface area contributed by atoms with Gasteiger partial charge in [0.2, 0.25) is 5.95 Å². The van der Waals surface area contributed by atoms with Crippen molar-refractivity contribution in [1.82, 2.24) is 15.3 Å². The molecule has 1 aliphatic heterocycles. The summed E-state index contributed by atoms with van der Waals surface area (Å²) in [5.74, 6) is 0.731. The van der Waals surface area contributed by atoms with E-state index < -0.39 is 0 Å². The predicted octanol–water partition coefficient (Wildman–Crippen LogP) is 2.20. The number of fused-ring (bicyclic) bond motifs is 1. The van der Waals surface area contributed by atoms with E-state index in [1.165, 1.54) is 12.8 Å². The molecular formula is C11H14N4S. The molecule has 1 unspecified atom stereocenters. The van der Waals surface area contributed by atoms with Gasteiger partial charge in [-0.2, -0.15) is 0 Å². The number of nitrogens with zero attached hydrogens (tertiary/aromatic N) is 2. The number of hydrogen-bond acceptors (Lipinski definition) is 5. The van der Waals surface area contributed by atoms with Gasteiger partial charge in [0.1, 0.15) is 4.83 Å². The first-order chi connectivity index (χ1) is 7.92. The van der Waals surface area contributed by atoms with Gasteiger partial charge in [0.15, 0.2) is 0 Å². The average molecular weight is 234 g/mol. The Hall–Kier alpha value is -1.20. The molecular weight excluding hydrogens is 220 g/mol. The molecule has 0 aliphatic carbocycles. The summed E-state index contributed by atoms with van der Waals surface area (Å²) in [6.45, 7) is 1.08. The van der Waals surface area contributed by atoms with Crippen molar-refractivity contribution in [2.75, 3.05) is 11.9 Å². The summed E-state index contributed by atoms with van der Waals surface area (Å²) in [6.07, 6.45) is 5.89. The van der Waals surface area contributed by atoms with Crippen LogP contribution in [0.15, 0.2) is 17.6 Å². The SMILES string of the molecule is c1cc2cnc(NC3CCCCN3)nc2s1. The highest BCUT2D eigenvalue weighted by atomic mass is 32.1. The molecule has 0 aromatic carbocycles. The number of aromatic nitrogens is 2. The van der Waals surface area contributed by atoms with Crippen LogP contribution in [-0.2, 0) is 0 Å². The van der Waals surface area contributed by atoms with E-state index in [2.05, 4.69) is 20.6 Å². The van der Waals surface area contributed by atoms with Crippen LogP contribution < -0.4 is 10.6 Å². The number of hydrogen-bond donors (Lipinski definition) is 2. The first-order valence-electron chi connectivity index (χ1n) is 5.62. The van der Waals surface area contributed by atoms with Crippen LogP contribution in [-0.4, -0.2) is 22.7 Å². The van der Waals surface area contributed by atoms with E-state index in [1.54, 1.807) is 11.3 Å². The lowest BCUT2D eigenvalue weighted by Crippen LogP contribution is -2.40. The molecule has 1 fully saturated rings. The molecule has 0 spiro atoms. The molecule has 1 aliphatic rings. The number of rotatable bonds is 2. The van der Waals surface area contributed by atoms with Crippen molar-refractivity contribution in [3.8, 4) is 0 Å². The molecule has 5 heteroatoms. The Morgan fingerprint density at radius 2 is 2.44 bits per heavy atom. The second-order valence-electron chi connectivity index (χ2n) is 4.02. The standard InChI is InChI=1S/C11H14N4S/c1-2-5-12-9(3-1)14-11-13-7-8-4-6-16-10(8)15-11/h4,6-7,9,12H,1-3,5H2,(H,13,14,15). The number of piperidine rings is 1. The van der Waals surface area contributed by atoms with Crippen LogP contribution in [0.1, 0.15) is 19.3 Å². The van der Waals surface area contributed by atoms with Crippen LogP contribution >= 0.6 is 11.3 Å². The Bertz CT molecular complexity index is 476. The van der Waals surface area contributed by atoms with Crippen LogP contribution in [0.5, 0.6) is 0 Å². The van der Waals surface area contributed by atoms with Gasteiger partial charge in [-0.15, -0.1) is 11.3 Å². The van der Waals surface area contributed by atoms with Gasteiger partial charge in [0.25, 0.3) is 0 Å². The minimum atomic E-state index is 0.325. The normalized spacial score (nSPS) is 21.1. The summed E-state index contributed by atoms with van der Waals surface area (Å²) in [7, 11) is 0. The fraction of sp³-hybridized carbons (Fsp3) is 0.455. The second-order valence-corrected chi connectivity index (χ2v) is 4.92. The van der Waals surface area contributed by atoms with Gasteiger partial charge >= 0.3 is 0 Å². The summed E-state index contributed by atoms with van der Waals surface area (Å²) in [4.78, 5) is 9.85. The van der Waals surface area contributed by atoms with Gasteiger partial charge in [0, 0.05) is 11.6 Å². The summed E-state index contributed by atoms with van der Waals surface area (Å²) in [5, 5.41) is 9.92. The third-order valence-corrected chi connectivity index (χ3v) is 3.64. The molecule has 0 radical (unpaired) electrons. The zero-order valence-corrected chi connectivity index (χ0v) is 9.76. The van der Waals surface area contributed by atoms with Gasteiger partial charge in [0.05, 0.1) is 6.17 Å². The van der Waals surface area contributed by atoms with Gasteiger partial charge in [-0.25, -0.2) is 9.97 Å². The molecule has 1 atom stereocenters. The lowest BCUT2D eigenvalue weighted by molar-refractivity contribution is 0.431. The molecule has 0 saturated carbocycles. The molecule has 3 heterocycles. The summed E-state index contributed by atoms with van der Waals surface area (Å²) in [5.41, 5.74) is 0. The van der Waals surface area contributed by atoms with E-state index in [9.17, 15) is 0 Å². The lowest BCUT2D eigenvalue weighted by Gasteiger charge is -2.24. The van der Waals surface area contributed by atoms with Crippen molar-refractivity contribution in [1.29, 1.82) is 0 Å². The maximum absolute atomic E-state index is 4.49. The number of anilines is 1. The summed E-state index contributed by atoms with van der Waals surface area (Å²) in [6, 6.07) is 2.04. The minimum absolute atomic E-state index is 0.325. The smallest absolute Gasteiger partial charge is 0.225 e. The Morgan fingerprint density at radius 3 is 3.31 bits per heavy atom. The third kappa shape index (κ3) is 2.01. The number of thiophene rings is 1. The van der Waals surface area contributed by atoms with Crippen LogP contribution in [0.4, 0.5) is 5.95 Å². The van der Waals surface area contributed by atoms with E-state index in [1.807, 2.05) is 17.6 Å². The van der Waals surface area contributed by atoms with Crippen molar-refractivity contribution in [2.45, 2.75) is 25.4 Å². The van der Waals surface area contributed by atoms with E-state index in [0.29, 0.717) is 6.17 Å². The van der Waals surface area contributed by atoms with E-state index >= 15 is 0 Å². The van der Waals surface area contributed by atoms with Crippen LogP contribution in [0.2, 0.25) is 0 Å². The van der Waals surface area contributed by atoms with E-state index in [-0.39, 0.29) is 0 Å². The quantitative estimate of drug-likeness (QED) is 0.836. The molecule has 0 amide bonds. The van der Waals surface area contributed by atoms with Gasteiger partial charge in [-0.3, -0.25) is 5.32 Å². The second kappa shape index (κ2) is 4.35. The largest absolute Gasteiger partial charge is 0.339 e. The maximum atomic E-state index is 4.49. The van der Waals surface area contributed by atoms with Crippen molar-refractivity contribution in [2.24, 2.45) is 0 Å². The van der Waals surface area contributed by atoms with Crippen molar-refractivity contribution in [3.05, 3.63) is 17.6 Å². The highest BCUT2D eigenvalue weighted by Crippen LogP contribution is 2.19. The highest BCUT2D eigenvalue weighted by molar-refractivity contribution is 7.16. The highest BCUT2D eigenvalue weighted by Gasteiger charge is 2.13.